The molecule has 0 aromatic rings. The molecule has 0 spiro atoms. The van der Waals surface area contributed by atoms with Crippen molar-refractivity contribution in [2.45, 2.75) is 334 Å². The number of quaternary nitrogens is 1. The zero-order valence-electron chi connectivity index (χ0n) is 59.7. The third kappa shape index (κ3) is 73.0. The van der Waals surface area contributed by atoms with Crippen LogP contribution in [-0.4, -0.2) is 87.4 Å². The Hall–Kier alpha value is -4.31. The van der Waals surface area contributed by atoms with Crippen molar-refractivity contribution in [2.75, 3.05) is 47.5 Å². The third-order valence-corrected chi connectivity index (χ3v) is 16.2. The zero-order chi connectivity index (χ0) is 66.1. The Morgan fingerprint density at radius 1 is 0.341 bits per heavy atom. The SMILES string of the molecule is CC/C=C\C/C=C\C/C=C\C/C=C\C/C=C\C/C=C\C/C=C\C/C=C\C/C=C\C/C=C\CCCCC(=O)OC(COC(=O)CCCCCCCCCCCCCCCCCCCCCCCCCCCCCCCCCCC)COC(OCC[N+](C)(C)C)C(=O)O. The molecule has 2 unspecified atom stereocenters. The minimum absolute atomic E-state index is 0.174. The number of hydrogen-bond donors (Lipinski definition) is 1. The van der Waals surface area contributed by atoms with E-state index in [0.29, 0.717) is 23.9 Å². The molecule has 0 fully saturated rings. The van der Waals surface area contributed by atoms with Crippen molar-refractivity contribution in [3.63, 3.8) is 0 Å². The summed E-state index contributed by atoms with van der Waals surface area (Å²) in [6.07, 6.45) is 99.2. The highest BCUT2D eigenvalue weighted by atomic mass is 16.7. The molecule has 91 heavy (non-hydrogen) atoms. The van der Waals surface area contributed by atoms with Crippen LogP contribution in [0.15, 0.2) is 122 Å². The zero-order valence-corrected chi connectivity index (χ0v) is 59.7. The lowest BCUT2D eigenvalue weighted by Crippen LogP contribution is -2.40. The van der Waals surface area contributed by atoms with Crippen LogP contribution < -0.4 is 0 Å². The molecule has 0 rings (SSSR count). The number of rotatable bonds is 69. The fourth-order valence-electron chi connectivity index (χ4n) is 10.5. The topological polar surface area (TPSA) is 108 Å². The summed E-state index contributed by atoms with van der Waals surface area (Å²) in [5.74, 6) is -2.06. The molecular formula is C82H142NO8+. The molecular weight excluding hydrogens is 1130 g/mol. The molecule has 0 aromatic carbocycles. The summed E-state index contributed by atoms with van der Waals surface area (Å²) in [6.45, 7) is 4.74. The van der Waals surface area contributed by atoms with Crippen molar-refractivity contribution in [2.24, 2.45) is 0 Å². The van der Waals surface area contributed by atoms with E-state index in [1.807, 2.05) is 21.1 Å². The van der Waals surface area contributed by atoms with Crippen LogP contribution in [0, 0.1) is 0 Å². The first-order valence-corrected chi connectivity index (χ1v) is 37.7. The lowest BCUT2D eigenvalue weighted by molar-refractivity contribution is -0.870. The predicted molar refractivity (Wildman–Crippen MR) is 391 cm³/mol. The van der Waals surface area contributed by atoms with E-state index in [2.05, 4.69) is 135 Å². The van der Waals surface area contributed by atoms with Gasteiger partial charge in [-0.05, 0) is 89.9 Å². The van der Waals surface area contributed by atoms with Gasteiger partial charge < -0.3 is 28.5 Å². The summed E-state index contributed by atoms with van der Waals surface area (Å²) < 4.78 is 22.9. The van der Waals surface area contributed by atoms with Crippen molar-refractivity contribution in [3.8, 4) is 0 Å². The summed E-state index contributed by atoms with van der Waals surface area (Å²) in [5.41, 5.74) is 0. The number of aliphatic carboxylic acids is 1. The highest BCUT2D eigenvalue weighted by Crippen LogP contribution is 2.18. The summed E-state index contributed by atoms with van der Waals surface area (Å²) in [4.78, 5) is 37.7. The van der Waals surface area contributed by atoms with Crippen LogP contribution in [0.4, 0.5) is 0 Å². The second-order valence-corrected chi connectivity index (χ2v) is 26.2. The highest BCUT2D eigenvalue weighted by Gasteiger charge is 2.25. The monoisotopic (exact) mass is 1270 g/mol. The van der Waals surface area contributed by atoms with Gasteiger partial charge in [0.25, 0.3) is 6.29 Å². The fraction of sp³-hybridized carbons (Fsp3) is 0.720. The first kappa shape index (κ1) is 86.7. The molecule has 0 saturated heterocycles. The van der Waals surface area contributed by atoms with Crippen LogP contribution in [0.2, 0.25) is 0 Å². The Balaban J connectivity index is 4.16. The van der Waals surface area contributed by atoms with Gasteiger partial charge in [0.05, 0.1) is 34.4 Å². The quantitative estimate of drug-likeness (QED) is 0.0211. The number of nitrogens with zero attached hydrogens (tertiary/aromatic N) is 1. The Morgan fingerprint density at radius 3 is 0.934 bits per heavy atom. The summed E-state index contributed by atoms with van der Waals surface area (Å²) >= 11 is 0. The van der Waals surface area contributed by atoms with E-state index < -0.39 is 24.3 Å². The van der Waals surface area contributed by atoms with Gasteiger partial charge in [-0.3, -0.25) is 9.59 Å². The molecule has 0 aliphatic carbocycles. The maximum atomic E-state index is 12.9. The van der Waals surface area contributed by atoms with Gasteiger partial charge in [0.1, 0.15) is 13.2 Å². The minimum atomic E-state index is -1.53. The van der Waals surface area contributed by atoms with E-state index in [-0.39, 0.29) is 32.2 Å². The van der Waals surface area contributed by atoms with Crippen LogP contribution in [0.5, 0.6) is 0 Å². The Morgan fingerprint density at radius 2 is 0.626 bits per heavy atom. The Kier molecular flexibility index (Phi) is 68.1. The number of likely N-dealkylation sites (N-methyl/N-ethyl adjacent to an activating group) is 1. The van der Waals surface area contributed by atoms with Gasteiger partial charge in [-0.2, -0.15) is 0 Å². The van der Waals surface area contributed by atoms with Crippen LogP contribution in [0.25, 0.3) is 0 Å². The fourth-order valence-corrected chi connectivity index (χ4v) is 10.5. The second kappa shape index (κ2) is 71.5. The molecule has 2 atom stereocenters. The van der Waals surface area contributed by atoms with Crippen molar-refractivity contribution in [3.05, 3.63) is 122 Å². The average molecular weight is 1270 g/mol. The van der Waals surface area contributed by atoms with Crippen LogP contribution in [-0.2, 0) is 33.3 Å². The number of unbranched alkanes of at least 4 members (excludes halogenated alkanes) is 34. The van der Waals surface area contributed by atoms with Gasteiger partial charge in [0, 0.05) is 12.8 Å². The van der Waals surface area contributed by atoms with E-state index in [4.69, 9.17) is 18.9 Å². The number of allylic oxidation sites excluding steroid dienone is 20. The molecule has 522 valence electrons. The van der Waals surface area contributed by atoms with Crippen LogP contribution in [0.3, 0.4) is 0 Å². The maximum absolute atomic E-state index is 12.9. The summed E-state index contributed by atoms with van der Waals surface area (Å²) in [7, 11) is 5.96. The van der Waals surface area contributed by atoms with E-state index in [1.165, 1.54) is 193 Å². The van der Waals surface area contributed by atoms with Gasteiger partial charge in [0.15, 0.2) is 6.10 Å². The summed E-state index contributed by atoms with van der Waals surface area (Å²) in [5, 5.41) is 9.76. The third-order valence-electron chi connectivity index (χ3n) is 16.2. The molecule has 9 heteroatoms. The Bertz CT molecular complexity index is 1910. The van der Waals surface area contributed by atoms with Gasteiger partial charge in [-0.25, -0.2) is 4.79 Å². The maximum Gasteiger partial charge on any atom is 0.361 e. The second-order valence-electron chi connectivity index (χ2n) is 26.2. The molecule has 0 aliphatic heterocycles. The predicted octanol–water partition coefficient (Wildman–Crippen LogP) is 23.9. The van der Waals surface area contributed by atoms with E-state index >= 15 is 0 Å². The van der Waals surface area contributed by atoms with Crippen molar-refractivity contribution in [1.29, 1.82) is 0 Å². The van der Waals surface area contributed by atoms with Gasteiger partial charge in [-0.15, -0.1) is 0 Å². The number of ether oxygens (including phenoxy) is 4. The highest BCUT2D eigenvalue weighted by molar-refractivity contribution is 5.71. The van der Waals surface area contributed by atoms with Crippen molar-refractivity contribution in [1.82, 2.24) is 0 Å². The van der Waals surface area contributed by atoms with Gasteiger partial charge >= 0.3 is 17.9 Å². The summed E-state index contributed by atoms with van der Waals surface area (Å²) in [6, 6.07) is 0. The lowest BCUT2D eigenvalue weighted by atomic mass is 10.0. The first-order chi connectivity index (χ1) is 44.6. The minimum Gasteiger partial charge on any atom is -0.477 e. The molecule has 0 amide bonds. The van der Waals surface area contributed by atoms with E-state index in [9.17, 15) is 19.5 Å². The van der Waals surface area contributed by atoms with E-state index in [0.717, 1.165) is 96.3 Å². The van der Waals surface area contributed by atoms with Gasteiger partial charge in [0.2, 0.25) is 0 Å². The van der Waals surface area contributed by atoms with Crippen LogP contribution in [0.1, 0.15) is 322 Å². The van der Waals surface area contributed by atoms with Crippen molar-refractivity contribution < 1.29 is 42.9 Å². The number of carboxylic acids is 1. The molecule has 0 aromatic heterocycles. The standard InChI is InChI=1S/C82H141NO8/c1-6-8-10-12-14-16-18-20-22-24-26-28-30-32-34-36-38-40-42-44-46-48-50-52-54-56-58-60-62-64-66-68-70-72-79(84)89-76-78(77-90-82(81(86)87)88-75-74-83(3,4)5)91-80(85)73-71-69-67-65-63-61-59-57-55-53-51-49-47-45-43-41-39-37-35-33-31-29-27-25-23-21-19-17-15-13-11-9-7-2/h9,11,15,17,21,23,27,29,33,35,39,41,45,47,51,53,57,59,63,65,78,82H,6-8,10,12-14,16,18-20,22,24-26,28,30-32,34,36-38,40,42-44,46,48-50,52,54-56,58,60-62,64,66-77H2,1-5H3/p+1/b11-9-,17-15-,23-21-,29-27-,35-33-,41-39-,47-45-,53-51-,59-57-,65-63-. The average Bonchev–Trinajstić information content (AvgIpc) is 3.46. The number of carbonyl (C=O) groups is 3. The number of esters is 2. The molecule has 0 heterocycles. The van der Waals surface area contributed by atoms with E-state index in [1.54, 1.807) is 0 Å². The number of hydrogen-bond acceptors (Lipinski definition) is 7. The molecule has 0 bridgehead atoms. The number of carboxylic acid groups (broad SMARTS) is 1. The molecule has 0 radical (unpaired) electrons. The van der Waals surface area contributed by atoms with Crippen LogP contribution >= 0.6 is 0 Å². The lowest BCUT2D eigenvalue weighted by Gasteiger charge is -2.25. The molecule has 0 saturated carbocycles. The normalized spacial score (nSPS) is 13.4. The first-order valence-electron chi connectivity index (χ1n) is 37.7. The largest absolute Gasteiger partial charge is 0.477 e. The Labute approximate surface area is 561 Å². The smallest absolute Gasteiger partial charge is 0.361 e. The molecule has 1 N–H and O–H groups in total. The molecule has 0 aliphatic rings. The van der Waals surface area contributed by atoms with Crippen molar-refractivity contribution >= 4 is 17.9 Å². The van der Waals surface area contributed by atoms with Gasteiger partial charge in [-0.1, -0.05) is 341 Å². The molecule has 9 nitrogen and oxygen atoms in total. The number of carbonyl (C=O) groups excluding carboxylic acids is 2.